The average Bonchev–Trinajstić information content (AvgIpc) is 3.47. The maximum absolute atomic E-state index is 13.3. The van der Waals surface area contributed by atoms with Gasteiger partial charge in [-0.1, -0.05) is 19.4 Å². The average molecular weight is 546 g/mol. The van der Waals surface area contributed by atoms with E-state index in [9.17, 15) is 14.4 Å². The van der Waals surface area contributed by atoms with Crippen LogP contribution in [0.3, 0.4) is 0 Å². The van der Waals surface area contributed by atoms with Crippen LogP contribution in [0.5, 0.6) is 0 Å². The lowest BCUT2D eigenvalue weighted by molar-refractivity contribution is -0.119. The lowest BCUT2D eigenvalue weighted by Gasteiger charge is -2.23. The molecule has 0 saturated carbocycles. The van der Waals surface area contributed by atoms with Crippen molar-refractivity contribution < 1.29 is 19.1 Å². The van der Waals surface area contributed by atoms with E-state index in [1.54, 1.807) is 24.5 Å². The summed E-state index contributed by atoms with van der Waals surface area (Å²) in [4.78, 5) is 42.8. The van der Waals surface area contributed by atoms with Crippen molar-refractivity contribution in [2.45, 2.75) is 51.1 Å². The van der Waals surface area contributed by atoms with Gasteiger partial charge in [-0.15, -0.1) is 0 Å². The molecule has 0 radical (unpaired) electrons. The Morgan fingerprint density at radius 1 is 1.12 bits per heavy atom. The third-order valence-corrected chi connectivity index (χ3v) is 7.55. The van der Waals surface area contributed by atoms with E-state index < -0.39 is 6.09 Å². The van der Waals surface area contributed by atoms with Crippen molar-refractivity contribution in [1.82, 2.24) is 25.4 Å². The number of carbonyl (C=O) groups excluding carboxylic acids is 3. The van der Waals surface area contributed by atoms with E-state index in [0.717, 1.165) is 49.2 Å². The van der Waals surface area contributed by atoms with E-state index in [2.05, 4.69) is 31.3 Å². The first-order chi connectivity index (χ1) is 19.4. The van der Waals surface area contributed by atoms with Crippen molar-refractivity contribution in [2.24, 2.45) is 5.92 Å². The maximum Gasteiger partial charge on any atom is 0.411 e. The number of anilines is 2. The third kappa shape index (κ3) is 6.31. The number of ether oxygens (including phenoxy) is 1. The summed E-state index contributed by atoms with van der Waals surface area (Å²) >= 11 is 0. The highest BCUT2D eigenvalue weighted by molar-refractivity contribution is 5.98. The summed E-state index contributed by atoms with van der Waals surface area (Å²) in [5.41, 5.74) is 3.90. The molecule has 2 aliphatic rings. The molecule has 2 aromatic heterocycles. The van der Waals surface area contributed by atoms with Gasteiger partial charge in [-0.05, 0) is 62.1 Å². The quantitative estimate of drug-likeness (QED) is 0.384. The van der Waals surface area contributed by atoms with Crippen molar-refractivity contribution in [3.05, 3.63) is 60.2 Å². The van der Waals surface area contributed by atoms with Crippen LogP contribution >= 0.6 is 0 Å². The standard InChI is InChI=1S/C29H35N7O4/c1-18-5-3-7-24(34-28(38)20-15-32-36(17-20)22-6-4-11-30-16-22)26-13-19(10-12-31-26)23-9-8-21(33-29(39)40-2)14-25(23)35-27(18)37/h8-10,12-15,17-18,22,24,30H,3-7,11,16H2,1-2H3,(H,33,39)(H,34,38)(H,35,37)/t18-,22?,24+/m1/s1. The molecular weight excluding hydrogens is 510 g/mol. The van der Waals surface area contributed by atoms with Gasteiger partial charge in [0.2, 0.25) is 5.91 Å². The number of amides is 3. The molecule has 3 aromatic rings. The number of methoxy groups -OCH3 is 1. The highest BCUT2D eigenvalue weighted by Crippen LogP contribution is 2.34. The number of rotatable bonds is 4. The molecule has 5 rings (SSSR count). The highest BCUT2D eigenvalue weighted by atomic mass is 16.5. The summed E-state index contributed by atoms with van der Waals surface area (Å²) in [5, 5.41) is 16.7. The molecule has 0 spiro atoms. The van der Waals surface area contributed by atoms with Crippen LogP contribution in [0.1, 0.15) is 67.2 Å². The Morgan fingerprint density at radius 3 is 2.80 bits per heavy atom. The number of benzene rings is 1. The molecule has 1 fully saturated rings. The van der Waals surface area contributed by atoms with E-state index in [0.29, 0.717) is 29.8 Å². The summed E-state index contributed by atoms with van der Waals surface area (Å²) in [6.45, 7) is 3.74. The van der Waals surface area contributed by atoms with Crippen molar-refractivity contribution in [3.8, 4) is 11.1 Å². The number of hydrogen-bond donors (Lipinski definition) is 4. The zero-order valence-corrected chi connectivity index (χ0v) is 22.8. The van der Waals surface area contributed by atoms with Gasteiger partial charge in [0, 0.05) is 36.1 Å². The first-order valence-electron chi connectivity index (χ1n) is 13.7. The zero-order valence-electron chi connectivity index (χ0n) is 22.8. The van der Waals surface area contributed by atoms with Gasteiger partial charge < -0.3 is 20.7 Å². The van der Waals surface area contributed by atoms with Crippen LogP contribution in [0.25, 0.3) is 11.1 Å². The molecule has 1 unspecified atom stereocenters. The molecule has 4 heterocycles. The summed E-state index contributed by atoms with van der Waals surface area (Å²) < 4.78 is 6.58. The second-order valence-electron chi connectivity index (χ2n) is 10.4. The minimum absolute atomic E-state index is 0.114. The van der Waals surface area contributed by atoms with Gasteiger partial charge >= 0.3 is 6.09 Å². The van der Waals surface area contributed by atoms with Gasteiger partial charge in [-0.3, -0.25) is 24.6 Å². The van der Waals surface area contributed by atoms with Gasteiger partial charge in [-0.2, -0.15) is 5.10 Å². The van der Waals surface area contributed by atoms with Gasteiger partial charge in [0.25, 0.3) is 5.91 Å². The SMILES string of the molecule is COC(=O)Nc1ccc2c(c1)NC(=O)[C@H](C)CCC[C@H](NC(=O)c1cnn(C3CCCNC3)c1)c1cc-2ccn1. The Kier molecular flexibility index (Phi) is 8.40. The Labute approximate surface area is 233 Å². The summed E-state index contributed by atoms with van der Waals surface area (Å²) in [6, 6.07) is 8.98. The summed E-state index contributed by atoms with van der Waals surface area (Å²) in [7, 11) is 1.29. The molecule has 1 saturated heterocycles. The molecule has 210 valence electrons. The number of pyridine rings is 1. The normalized spacial score (nSPS) is 21.1. The van der Waals surface area contributed by atoms with Gasteiger partial charge in [0.05, 0.1) is 42.3 Å². The predicted molar refractivity (Wildman–Crippen MR) is 151 cm³/mol. The fraction of sp³-hybridized carbons (Fsp3) is 0.414. The van der Waals surface area contributed by atoms with Gasteiger partial charge in [0.1, 0.15) is 0 Å². The molecule has 4 N–H and O–H groups in total. The second-order valence-corrected chi connectivity index (χ2v) is 10.4. The van der Waals surface area contributed by atoms with Crippen LogP contribution in [0, 0.1) is 5.92 Å². The van der Waals surface area contributed by atoms with Gasteiger partial charge in [-0.25, -0.2) is 4.79 Å². The number of hydrogen-bond acceptors (Lipinski definition) is 7. The van der Waals surface area contributed by atoms with Crippen LogP contribution in [0.4, 0.5) is 16.2 Å². The Morgan fingerprint density at radius 2 is 2.00 bits per heavy atom. The first-order valence-corrected chi connectivity index (χ1v) is 13.7. The summed E-state index contributed by atoms with van der Waals surface area (Å²) in [5.74, 6) is -0.574. The van der Waals surface area contributed by atoms with Gasteiger partial charge in [0.15, 0.2) is 0 Å². The number of fused-ring (bicyclic) bond motifs is 4. The number of nitrogens with zero attached hydrogens (tertiary/aromatic N) is 3. The number of piperidine rings is 1. The molecular formula is C29H35N7O4. The lowest BCUT2D eigenvalue weighted by Crippen LogP contribution is -2.32. The smallest absolute Gasteiger partial charge is 0.411 e. The topological polar surface area (TPSA) is 139 Å². The van der Waals surface area contributed by atoms with Crippen LogP contribution in [-0.2, 0) is 9.53 Å². The van der Waals surface area contributed by atoms with Crippen molar-refractivity contribution in [3.63, 3.8) is 0 Å². The number of aromatic nitrogens is 3. The Hall–Kier alpha value is -4.25. The Bertz CT molecular complexity index is 1380. The van der Waals surface area contributed by atoms with Crippen LogP contribution < -0.4 is 21.3 Å². The monoisotopic (exact) mass is 545 g/mol. The minimum atomic E-state index is -0.599. The van der Waals surface area contributed by atoms with Crippen LogP contribution in [-0.4, -0.2) is 52.9 Å². The molecule has 40 heavy (non-hydrogen) atoms. The third-order valence-electron chi connectivity index (χ3n) is 7.55. The molecule has 2 bridgehead atoms. The van der Waals surface area contributed by atoms with Crippen molar-refractivity contribution in [2.75, 3.05) is 30.8 Å². The fourth-order valence-corrected chi connectivity index (χ4v) is 5.22. The lowest BCUT2D eigenvalue weighted by atomic mass is 9.95. The Balaban J connectivity index is 1.43. The van der Waals surface area contributed by atoms with Crippen molar-refractivity contribution in [1.29, 1.82) is 0 Å². The molecule has 2 aliphatic heterocycles. The molecule has 11 heteroatoms. The van der Waals surface area contributed by atoms with E-state index in [4.69, 9.17) is 4.74 Å². The second kappa shape index (κ2) is 12.3. The molecule has 1 aromatic carbocycles. The van der Waals surface area contributed by atoms with E-state index in [1.165, 1.54) is 7.11 Å². The molecule has 0 aliphatic carbocycles. The largest absolute Gasteiger partial charge is 0.453 e. The fourth-order valence-electron chi connectivity index (χ4n) is 5.22. The van der Waals surface area contributed by atoms with Crippen molar-refractivity contribution >= 4 is 29.3 Å². The number of nitrogens with one attached hydrogen (secondary N) is 4. The van der Waals surface area contributed by atoms with E-state index in [1.807, 2.05) is 36.0 Å². The molecule has 11 nitrogen and oxygen atoms in total. The highest BCUT2D eigenvalue weighted by Gasteiger charge is 2.24. The molecule has 3 atom stereocenters. The number of carbonyl (C=O) groups is 3. The minimum Gasteiger partial charge on any atom is -0.453 e. The maximum atomic E-state index is 13.3. The van der Waals surface area contributed by atoms with E-state index in [-0.39, 0.29) is 29.8 Å². The first kappa shape index (κ1) is 27.3. The predicted octanol–water partition coefficient (Wildman–Crippen LogP) is 4.28. The van der Waals surface area contributed by atoms with Crippen LogP contribution in [0.2, 0.25) is 0 Å². The molecule has 3 amide bonds. The van der Waals surface area contributed by atoms with E-state index >= 15 is 0 Å². The van der Waals surface area contributed by atoms with Crippen LogP contribution in [0.15, 0.2) is 48.9 Å². The zero-order chi connectivity index (χ0) is 28.1. The summed E-state index contributed by atoms with van der Waals surface area (Å²) in [6.07, 6.45) is 8.64.